The Balaban J connectivity index is 1.53. The second kappa shape index (κ2) is 6.87. The van der Waals surface area contributed by atoms with Gasteiger partial charge in [-0.1, -0.05) is 23.2 Å². The first-order valence-corrected chi connectivity index (χ1v) is 9.21. The number of aromatic nitrogens is 5. The van der Waals surface area contributed by atoms with Crippen LogP contribution >= 0.6 is 23.2 Å². The molecule has 4 rings (SSSR count). The normalized spacial score (nSPS) is 11.3. The Morgan fingerprint density at radius 3 is 2.59 bits per heavy atom. The first kappa shape index (κ1) is 17.8. The second-order valence-electron chi connectivity index (χ2n) is 6.51. The molecular weight excluding hydrogens is 383 g/mol. The van der Waals surface area contributed by atoms with Crippen molar-refractivity contribution < 1.29 is 0 Å². The molecule has 27 heavy (non-hydrogen) atoms. The molecule has 3 heterocycles. The van der Waals surface area contributed by atoms with Crippen molar-refractivity contribution in [2.24, 2.45) is 7.05 Å². The number of aromatic amines is 1. The van der Waals surface area contributed by atoms with Gasteiger partial charge in [-0.25, -0.2) is 4.98 Å². The summed E-state index contributed by atoms with van der Waals surface area (Å²) in [7, 11) is 1.92. The van der Waals surface area contributed by atoms with Gasteiger partial charge in [-0.15, -0.1) is 0 Å². The van der Waals surface area contributed by atoms with Gasteiger partial charge < -0.3 is 10.3 Å². The Bertz CT molecular complexity index is 1110. The molecule has 0 aliphatic heterocycles. The van der Waals surface area contributed by atoms with Crippen molar-refractivity contribution in [3.05, 3.63) is 57.6 Å². The van der Waals surface area contributed by atoms with Gasteiger partial charge in [0.2, 0.25) is 5.95 Å². The molecule has 138 valence electrons. The summed E-state index contributed by atoms with van der Waals surface area (Å²) in [6.45, 7) is 4.64. The summed E-state index contributed by atoms with van der Waals surface area (Å²) < 4.78 is 1.82. The van der Waals surface area contributed by atoms with E-state index in [1.54, 1.807) is 12.1 Å². The Morgan fingerprint density at radius 1 is 1.11 bits per heavy atom. The van der Waals surface area contributed by atoms with Crippen molar-refractivity contribution in [3.8, 4) is 11.1 Å². The molecule has 2 N–H and O–H groups in total. The number of halogens is 2. The maximum Gasteiger partial charge on any atom is 0.201 e. The number of rotatable bonds is 4. The van der Waals surface area contributed by atoms with Gasteiger partial charge in [-0.2, -0.15) is 5.10 Å². The van der Waals surface area contributed by atoms with Crippen molar-refractivity contribution in [3.63, 3.8) is 0 Å². The lowest BCUT2D eigenvalue weighted by Crippen LogP contribution is -2.03. The predicted octanol–water partition coefficient (Wildman–Crippen LogP) is 4.89. The summed E-state index contributed by atoms with van der Waals surface area (Å²) in [5.74, 6) is 0.648. The van der Waals surface area contributed by atoms with Gasteiger partial charge >= 0.3 is 0 Å². The fraction of sp³-hybridized carbons (Fsp3) is 0.211. The van der Waals surface area contributed by atoms with E-state index in [0.717, 1.165) is 39.1 Å². The Hall–Kier alpha value is -2.57. The molecule has 1 aromatic carbocycles. The van der Waals surface area contributed by atoms with E-state index >= 15 is 0 Å². The number of aryl methyl sites for hydroxylation is 3. The van der Waals surface area contributed by atoms with Crippen LogP contribution in [-0.2, 0) is 13.6 Å². The average molecular weight is 401 g/mol. The van der Waals surface area contributed by atoms with Gasteiger partial charge in [0.15, 0.2) is 0 Å². The van der Waals surface area contributed by atoms with E-state index in [4.69, 9.17) is 23.2 Å². The van der Waals surface area contributed by atoms with Crippen molar-refractivity contribution in [2.75, 3.05) is 5.32 Å². The molecule has 0 unspecified atom stereocenters. The van der Waals surface area contributed by atoms with E-state index in [9.17, 15) is 0 Å². The molecule has 0 saturated carbocycles. The van der Waals surface area contributed by atoms with E-state index in [2.05, 4.69) is 38.4 Å². The number of fused-ring (bicyclic) bond motifs is 1. The number of hydrogen-bond donors (Lipinski definition) is 2. The maximum atomic E-state index is 6.05. The molecule has 0 fully saturated rings. The van der Waals surface area contributed by atoms with Gasteiger partial charge in [-0.05, 0) is 37.6 Å². The summed E-state index contributed by atoms with van der Waals surface area (Å²) >= 11 is 12.1. The molecule has 4 aromatic rings. The standard InChI is InChI=1S/C19H18Cl2N6/c1-10-4-12(22-8-13(10)14-9-27(3)26-11(14)2)7-23-19-24-17-5-15(20)16(21)6-18(17)25-19/h4-6,8-9H,7H2,1-3H3,(H2,23,24,25). The van der Waals surface area contributed by atoms with Crippen LogP contribution in [0.1, 0.15) is 17.0 Å². The van der Waals surface area contributed by atoms with E-state index in [0.29, 0.717) is 22.5 Å². The number of imidazole rings is 1. The first-order chi connectivity index (χ1) is 12.9. The van der Waals surface area contributed by atoms with Crippen molar-refractivity contribution >= 4 is 40.2 Å². The Morgan fingerprint density at radius 2 is 1.89 bits per heavy atom. The SMILES string of the molecule is Cc1cc(CNc2nc3cc(Cl)c(Cl)cc3[nH]2)ncc1-c1cn(C)nc1C. The number of H-pyrrole nitrogens is 1. The fourth-order valence-electron chi connectivity index (χ4n) is 3.12. The van der Waals surface area contributed by atoms with Crippen LogP contribution in [0.15, 0.2) is 30.6 Å². The minimum Gasteiger partial charge on any atom is -0.350 e. The topological polar surface area (TPSA) is 71.4 Å². The lowest BCUT2D eigenvalue weighted by molar-refractivity contribution is 0.756. The molecule has 8 heteroatoms. The van der Waals surface area contributed by atoms with Crippen LogP contribution in [0.2, 0.25) is 10.0 Å². The molecule has 0 atom stereocenters. The molecule has 0 bridgehead atoms. The smallest absolute Gasteiger partial charge is 0.201 e. The van der Waals surface area contributed by atoms with Gasteiger partial charge in [0.05, 0.1) is 39.0 Å². The highest BCUT2D eigenvalue weighted by molar-refractivity contribution is 6.42. The summed E-state index contributed by atoms with van der Waals surface area (Å²) in [6.07, 6.45) is 3.91. The molecule has 0 radical (unpaired) electrons. The van der Waals surface area contributed by atoms with Crippen LogP contribution in [0.3, 0.4) is 0 Å². The zero-order valence-corrected chi connectivity index (χ0v) is 16.7. The van der Waals surface area contributed by atoms with Crippen LogP contribution in [0, 0.1) is 13.8 Å². The largest absolute Gasteiger partial charge is 0.350 e. The van der Waals surface area contributed by atoms with Crippen molar-refractivity contribution in [1.82, 2.24) is 24.7 Å². The minimum absolute atomic E-state index is 0.487. The van der Waals surface area contributed by atoms with E-state index in [1.807, 2.05) is 31.0 Å². The third-order valence-corrected chi connectivity index (χ3v) is 5.15. The van der Waals surface area contributed by atoms with Gasteiger partial charge in [0, 0.05) is 30.6 Å². The Labute approximate surface area is 166 Å². The van der Waals surface area contributed by atoms with E-state index in [1.165, 1.54) is 0 Å². The molecule has 3 aromatic heterocycles. The average Bonchev–Trinajstić information content (AvgIpc) is 3.15. The van der Waals surface area contributed by atoms with Crippen molar-refractivity contribution in [2.45, 2.75) is 20.4 Å². The van der Waals surface area contributed by atoms with Crippen LogP contribution in [-0.4, -0.2) is 24.7 Å². The van der Waals surface area contributed by atoms with Gasteiger partial charge in [-0.3, -0.25) is 9.67 Å². The number of hydrogen-bond acceptors (Lipinski definition) is 4. The zero-order valence-electron chi connectivity index (χ0n) is 15.1. The van der Waals surface area contributed by atoms with Crippen molar-refractivity contribution in [1.29, 1.82) is 0 Å². The first-order valence-electron chi connectivity index (χ1n) is 8.45. The molecular formula is C19H18Cl2N6. The van der Waals surface area contributed by atoms with Crippen LogP contribution in [0.25, 0.3) is 22.2 Å². The van der Waals surface area contributed by atoms with Crippen LogP contribution in [0.4, 0.5) is 5.95 Å². The highest BCUT2D eigenvalue weighted by Gasteiger charge is 2.11. The molecule has 6 nitrogen and oxygen atoms in total. The number of anilines is 1. The highest BCUT2D eigenvalue weighted by atomic mass is 35.5. The summed E-state index contributed by atoms with van der Waals surface area (Å²) in [5.41, 5.74) is 6.87. The fourth-order valence-corrected chi connectivity index (χ4v) is 3.44. The summed E-state index contributed by atoms with van der Waals surface area (Å²) in [6, 6.07) is 5.59. The third kappa shape index (κ3) is 3.50. The number of benzene rings is 1. The maximum absolute atomic E-state index is 6.05. The molecule has 0 aliphatic carbocycles. The third-order valence-electron chi connectivity index (χ3n) is 4.43. The lowest BCUT2D eigenvalue weighted by Gasteiger charge is -2.08. The van der Waals surface area contributed by atoms with Crippen LogP contribution < -0.4 is 5.32 Å². The highest BCUT2D eigenvalue weighted by Crippen LogP contribution is 2.28. The number of nitrogens with one attached hydrogen (secondary N) is 2. The second-order valence-corrected chi connectivity index (χ2v) is 7.33. The predicted molar refractivity (Wildman–Crippen MR) is 109 cm³/mol. The summed E-state index contributed by atoms with van der Waals surface area (Å²) in [5, 5.41) is 8.65. The number of pyridine rings is 1. The number of nitrogens with zero attached hydrogens (tertiary/aromatic N) is 4. The lowest BCUT2D eigenvalue weighted by atomic mass is 10.0. The van der Waals surface area contributed by atoms with Gasteiger partial charge in [0.25, 0.3) is 0 Å². The molecule has 0 aliphatic rings. The zero-order chi connectivity index (χ0) is 19.1. The molecule has 0 amide bonds. The monoisotopic (exact) mass is 400 g/mol. The van der Waals surface area contributed by atoms with E-state index < -0.39 is 0 Å². The molecule has 0 saturated heterocycles. The quantitative estimate of drug-likeness (QED) is 0.511. The van der Waals surface area contributed by atoms with Crippen LogP contribution in [0.5, 0.6) is 0 Å². The van der Waals surface area contributed by atoms with Gasteiger partial charge in [0.1, 0.15) is 0 Å². The summed E-state index contributed by atoms with van der Waals surface area (Å²) in [4.78, 5) is 12.3. The Kier molecular flexibility index (Phi) is 4.53. The molecule has 0 spiro atoms. The van der Waals surface area contributed by atoms with E-state index in [-0.39, 0.29) is 0 Å². The minimum atomic E-state index is 0.487.